The molecule has 1 nitrogen and oxygen atoms in total. The van der Waals surface area contributed by atoms with Gasteiger partial charge in [-0.05, 0) is 43.5 Å². The monoisotopic (exact) mass is 189 g/mol. The SMILES string of the molecule is Fc1ccc2c(c1)cc1n2CCCC1. The summed E-state index contributed by atoms with van der Waals surface area (Å²) in [5.41, 5.74) is 2.54. The summed E-state index contributed by atoms with van der Waals surface area (Å²) in [5, 5.41) is 1.04. The highest BCUT2D eigenvalue weighted by atomic mass is 19.1. The number of halogens is 1. The minimum Gasteiger partial charge on any atom is -0.345 e. The molecule has 0 radical (unpaired) electrons. The van der Waals surface area contributed by atoms with E-state index in [0.29, 0.717) is 0 Å². The van der Waals surface area contributed by atoms with E-state index in [0.717, 1.165) is 18.4 Å². The first-order valence-corrected chi connectivity index (χ1v) is 5.12. The number of hydrogen-bond acceptors (Lipinski definition) is 0. The quantitative estimate of drug-likeness (QED) is 0.600. The highest BCUT2D eigenvalue weighted by molar-refractivity contribution is 5.81. The van der Waals surface area contributed by atoms with E-state index in [1.165, 1.54) is 24.1 Å². The maximum absolute atomic E-state index is 13.0. The Morgan fingerprint density at radius 2 is 2.07 bits per heavy atom. The van der Waals surface area contributed by atoms with Gasteiger partial charge >= 0.3 is 0 Å². The third-order valence-corrected chi connectivity index (χ3v) is 3.01. The van der Waals surface area contributed by atoms with Crippen LogP contribution in [0.3, 0.4) is 0 Å². The van der Waals surface area contributed by atoms with Gasteiger partial charge in [-0.15, -0.1) is 0 Å². The summed E-state index contributed by atoms with van der Waals surface area (Å²) >= 11 is 0. The van der Waals surface area contributed by atoms with Crippen molar-refractivity contribution in [3.8, 4) is 0 Å². The molecule has 0 unspecified atom stereocenters. The average Bonchev–Trinajstić information content (AvgIpc) is 2.54. The molecule has 3 rings (SSSR count). The van der Waals surface area contributed by atoms with Gasteiger partial charge in [0, 0.05) is 23.1 Å². The topological polar surface area (TPSA) is 4.93 Å². The molecule has 0 saturated heterocycles. The fourth-order valence-corrected chi connectivity index (χ4v) is 2.35. The second-order valence-electron chi connectivity index (χ2n) is 3.95. The molecule has 0 spiro atoms. The van der Waals surface area contributed by atoms with E-state index in [1.807, 2.05) is 6.07 Å². The van der Waals surface area contributed by atoms with Crippen LogP contribution < -0.4 is 0 Å². The van der Waals surface area contributed by atoms with Crippen molar-refractivity contribution < 1.29 is 4.39 Å². The van der Waals surface area contributed by atoms with Crippen molar-refractivity contribution in [1.82, 2.24) is 4.57 Å². The predicted octanol–water partition coefficient (Wildman–Crippen LogP) is 3.12. The Bertz CT molecular complexity index is 484. The van der Waals surface area contributed by atoms with Crippen LogP contribution in [0.25, 0.3) is 10.9 Å². The van der Waals surface area contributed by atoms with Crippen LogP contribution in [-0.2, 0) is 13.0 Å². The molecule has 2 heteroatoms. The molecule has 14 heavy (non-hydrogen) atoms. The van der Waals surface area contributed by atoms with Crippen LogP contribution in [0.15, 0.2) is 24.3 Å². The summed E-state index contributed by atoms with van der Waals surface area (Å²) in [6.07, 6.45) is 3.64. The zero-order valence-corrected chi connectivity index (χ0v) is 7.96. The van der Waals surface area contributed by atoms with E-state index in [-0.39, 0.29) is 5.82 Å². The summed E-state index contributed by atoms with van der Waals surface area (Å²) < 4.78 is 15.3. The lowest BCUT2D eigenvalue weighted by Gasteiger charge is -2.15. The maximum Gasteiger partial charge on any atom is 0.123 e. The van der Waals surface area contributed by atoms with E-state index in [1.54, 1.807) is 12.1 Å². The molecule has 0 N–H and O–H groups in total. The first-order valence-electron chi connectivity index (χ1n) is 5.12. The first kappa shape index (κ1) is 8.04. The summed E-state index contributed by atoms with van der Waals surface area (Å²) in [6, 6.07) is 7.18. The lowest BCUT2D eigenvalue weighted by atomic mass is 10.1. The van der Waals surface area contributed by atoms with Gasteiger partial charge in [-0.1, -0.05) is 0 Å². The van der Waals surface area contributed by atoms with E-state index in [9.17, 15) is 4.39 Å². The number of aromatic nitrogens is 1. The zero-order valence-electron chi connectivity index (χ0n) is 7.96. The van der Waals surface area contributed by atoms with Gasteiger partial charge in [0.15, 0.2) is 0 Å². The predicted molar refractivity (Wildman–Crippen MR) is 54.8 cm³/mol. The van der Waals surface area contributed by atoms with Crippen LogP contribution in [0, 0.1) is 5.82 Å². The smallest absolute Gasteiger partial charge is 0.123 e. The molecule has 0 saturated carbocycles. The van der Waals surface area contributed by atoms with Crippen LogP contribution >= 0.6 is 0 Å². The Morgan fingerprint density at radius 1 is 1.14 bits per heavy atom. The summed E-state index contributed by atoms with van der Waals surface area (Å²) in [7, 11) is 0. The zero-order chi connectivity index (χ0) is 9.54. The van der Waals surface area contributed by atoms with Gasteiger partial charge in [-0.3, -0.25) is 0 Å². The Hall–Kier alpha value is -1.31. The molecule has 0 atom stereocenters. The fourth-order valence-electron chi connectivity index (χ4n) is 2.35. The molecule has 0 fully saturated rings. The van der Waals surface area contributed by atoms with Gasteiger partial charge in [0.05, 0.1) is 0 Å². The standard InChI is InChI=1S/C12H12FN/c13-10-4-5-12-9(7-10)8-11-3-1-2-6-14(11)12/h4-5,7-8H,1-3,6H2. The molecule has 0 aliphatic carbocycles. The lowest BCUT2D eigenvalue weighted by Crippen LogP contribution is -2.08. The van der Waals surface area contributed by atoms with Crippen molar-refractivity contribution in [3.05, 3.63) is 35.8 Å². The van der Waals surface area contributed by atoms with Crippen LogP contribution in [0.2, 0.25) is 0 Å². The molecule has 2 heterocycles. The molecule has 0 bridgehead atoms. The van der Waals surface area contributed by atoms with Gasteiger partial charge in [0.1, 0.15) is 5.82 Å². The summed E-state index contributed by atoms with van der Waals surface area (Å²) in [5.74, 6) is -0.138. The van der Waals surface area contributed by atoms with Crippen LogP contribution in [0.1, 0.15) is 18.5 Å². The number of fused-ring (bicyclic) bond motifs is 3. The van der Waals surface area contributed by atoms with Crippen molar-refractivity contribution >= 4 is 10.9 Å². The van der Waals surface area contributed by atoms with E-state index in [4.69, 9.17) is 0 Å². The van der Waals surface area contributed by atoms with Gasteiger partial charge < -0.3 is 4.57 Å². The molecule has 0 amide bonds. The number of hydrogen-bond donors (Lipinski definition) is 0. The first-order chi connectivity index (χ1) is 6.84. The Morgan fingerprint density at radius 3 is 3.00 bits per heavy atom. The molecule has 72 valence electrons. The van der Waals surface area contributed by atoms with Crippen molar-refractivity contribution in [3.63, 3.8) is 0 Å². The second-order valence-corrected chi connectivity index (χ2v) is 3.95. The summed E-state index contributed by atoms with van der Waals surface area (Å²) in [4.78, 5) is 0. The van der Waals surface area contributed by atoms with Crippen molar-refractivity contribution in [2.24, 2.45) is 0 Å². The Labute approximate surface area is 82.2 Å². The highest BCUT2D eigenvalue weighted by Gasteiger charge is 2.12. The average molecular weight is 189 g/mol. The van der Waals surface area contributed by atoms with Gasteiger partial charge in [0.2, 0.25) is 0 Å². The molecule has 2 aromatic rings. The van der Waals surface area contributed by atoms with Crippen molar-refractivity contribution in [1.29, 1.82) is 0 Å². The molecule has 1 aromatic heterocycles. The minimum atomic E-state index is -0.138. The highest BCUT2D eigenvalue weighted by Crippen LogP contribution is 2.25. The number of nitrogens with zero attached hydrogens (tertiary/aromatic N) is 1. The van der Waals surface area contributed by atoms with E-state index < -0.39 is 0 Å². The summed E-state index contributed by atoms with van der Waals surface area (Å²) in [6.45, 7) is 1.09. The second kappa shape index (κ2) is 2.84. The number of benzene rings is 1. The fraction of sp³-hybridized carbons (Fsp3) is 0.333. The minimum absolute atomic E-state index is 0.138. The Kier molecular flexibility index (Phi) is 1.63. The molecule has 1 aliphatic rings. The Balaban J connectivity index is 2.31. The van der Waals surface area contributed by atoms with E-state index >= 15 is 0 Å². The van der Waals surface area contributed by atoms with Gasteiger partial charge in [-0.2, -0.15) is 0 Å². The third-order valence-electron chi connectivity index (χ3n) is 3.01. The number of rotatable bonds is 0. The third kappa shape index (κ3) is 1.07. The molecule has 1 aliphatic heterocycles. The molecular weight excluding hydrogens is 177 g/mol. The molecular formula is C12H12FN. The van der Waals surface area contributed by atoms with Crippen LogP contribution in [0.4, 0.5) is 4.39 Å². The van der Waals surface area contributed by atoms with Gasteiger partial charge in [-0.25, -0.2) is 4.39 Å². The van der Waals surface area contributed by atoms with Crippen molar-refractivity contribution in [2.75, 3.05) is 0 Å². The van der Waals surface area contributed by atoms with Crippen molar-refractivity contribution in [2.45, 2.75) is 25.8 Å². The van der Waals surface area contributed by atoms with E-state index in [2.05, 4.69) is 10.6 Å². The lowest BCUT2D eigenvalue weighted by molar-refractivity contribution is 0.545. The van der Waals surface area contributed by atoms with Crippen LogP contribution in [-0.4, -0.2) is 4.57 Å². The number of aryl methyl sites for hydroxylation is 2. The molecule has 1 aromatic carbocycles. The largest absolute Gasteiger partial charge is 0.345 e. The van der Waals surface area contributed by atoms with Gasteiger partial charge in [0.25, 0.3) is 0 Å². The van der Waals surface area contributed by atoms with Crippen LogP contribution in [0.5, 0.6) is 0 Å². The normalized spacial score (nSPS) is 15.8. The maximum atomic E-state index is 13.0.